The van der Waals surface area contributed by atoms with Gasteiger partial charge in [-0.15, -0.1) is 0 Å². The fourth-order valence-electron chi connectivity index (χ4n) is 1.47. The Labute approximate surface area is 113 Å². The predicted octanol–water partition coefficient (Wildman–Crippen LogP) is 2.40. The Hall–Kier alpha value is -2.02. The van der Waals surface area contributed by atoms with Crippen LogP contribution in [0, 0.1) is 0 Å². The molecule has 0 fully saturated rings. The topological polar surface area (TPSA) is 78.6 Å². The number of esters is 2. The number of nitrogens with zero attached hydrogens (tertiary/aromatic N) is 1. The molecule has 0 bridgehead atoms. The van der Waals surface area contributed by atoms with Gasteiger partial charge in [-0.25, -0.2) is 4.98 Å². The molecule has 0 N–H and O–H groups in total. The Morgan fingerprint density at radius 1 is 1.16 bits per heavy atom. The lowest BCUT2D eigenvalue weighted by atomic mass is 10.3. The number of carbonyl (C=O) groups excluding carboxylic acids is 2. The number of carbonyl (C=O) groups is 2. The summed E-state index contributed by atoms with van der Waals surface area (Å²) >= 11 is 1.34. The molecule has 0 aliphatic heterocycles. The summed E-state index contributed by atoms with van der Waals surface area (Å²) in [6.45, 7) is 2.52. The van der Waals surface area contributed by atoms with E-state index >= 15 is 0 Å². The Balaban J connectivity index is 2.53. The smallest absolute Gasteiger partial charge is 0.308 e. The molecule has 0 aliphatic carbocycles. The minimum Gasteiger partial charge on any atom is -0.431 e. The summed E-state index contributed by atoms with van der Waals surface area (Å²) < 4.78 is 15.4. The zero-order valence-electron chi connectivity index (χ0n) is 10.6. The van der Waals surface area contributed by atoms with E-state index in [0.717, 1.165) is 0 Å². The van der Waals surface area contributed by atoms with Crippen LogP contribution in [0.4, 0.5) is 0 Å². The average Bonchev–Trinajstić information content (AvgIpc) is 2.70. The molecule has 0 aliphatic rings. The van der Waals surface area contributed by atoms with Crippen molar-refractivity contribution in [3.63, 3.8) is 0 Å². The maximum Gasteiger partial charge on any atom is 0.308 e. The fraction of sp³-hybridized carbons (Fsp3) is 0.250. The Bertz CT molecular complexity index is 596. The molecule has 100 valence electrons. The van der Waals surface area contributed by atoms with Gasteiger partial charge < -0.3 is 13.9 Å². The first-order valence-electron chi connectivity index (χ1n) is 5.35. The molecule has 0 unspecified atom stereocenters. The highest BCUT2D eigenvalue weighted by Crippen LogP contribution is 2.34. The number of benzene rings is 1. The molecule has 2 rings (SSSR count). The monoisotopic (exact) mass is 281 g/mol. The fourth-order valence-corrected chi connectivity index (χ4v) is 1.83. The van der Waals surface area contributed by atoms with E-state index in [0.29, 0.717) is 16.3 Å². The van der Waals surface area contributed by atoms with Crippen LogP contribution in [0.3, 0.4) is 0 Å². The Morgan fingerprint density at radius 2 is 1.74 bits per heavy atom. The molecule has 0 atom stereocenters. The van der Waals surface area contributed by atoms with Crippen LogP contribution in [0.25, 0.3) is 11.1 Å². The van der Waals surface area contributed by atoms with Crippen LogP contribution in [-0.4, -0.2) is 23.2 Å². The number of hydrogen-bond donors (Lipinski definition) is 0. The largest absolute Gasteiger partial charge is 0.431 e. The standard InChI is InChI=1S/C12H11NO5S/c1-6(14)16-10-4-8-9(18-12(13-8)19-3)5-11(10)17-7(2)15/h4-5H,1-3H3. The second-order valence-corrected chi connectivity index (χ2v) is 4.40. The van der Waals surface area contributed by atoms with Crippen molar-refractivity contribution in [2.45, 2.75) is 19.1 Å². The lowest BCUT2D eigenvalue weighted by Crippen LogP contribution is -2.07. The molecular weight excluding hydrogens is 270 g/mol. The van der Waals surface area contributed by atoms with Crippen molar-refractivity contribution in [3.8, 4) is 11.5 Å². The number of ether oxygens (including phenoxy) is 2. The number of fused-ring (bicyclic) bond motifs is 1. The molecule has 19 heavy (non-hydrogen) atoms. The van der Waals surface area contributed by atoms with Crippen molar-refractivity contribution in [2.24, 2.45) is 0 Å². The van der Waals surface area contributed by atoms with Crippen molar-refractivity contribution in [3.05, 3.63) is 12.1 Å². The van der Waals surface area contributed by atoms with Crippen LogP contribution in [0.1, 0.15) is 13.8 Å². The second-order valence-electron chi connectivity index (χ2n) is 3.64. The van der Waals surface area contributed by atoms with Crippen molar-refractivity contribution < 1.29 is 23.5 Å². The Kier molecular flexibility index (Phi) is 3.75. The predicted molar refractivity (Wildman–Crippen MR) is 68.4 cm³/mol. The minimum atomic E-state index is -0.516. The van der Waals surface area contributed by atoms with Gasteiger partial charge in [0.2, 0.25) is 0 Å². The molecule has 1 aromatic carbocycles. The number of rotatable bonds is 3. The first kappa shape index (κ1) is 13.4. The molecular formula is C12H11NO5S. The van der Waals surface area contributed by atoms with E-state index in [-0.39, 0.29) is 11.5 Å². The molecule has 6 nitrogen and oxygen atoms in total. The van der Waals surface area contributed by atoms with Crippen molar-refractivity contribution in [2.75, 3.05) is 6.26 Å². The summed E-state index contributed by atoms with van der Waals surface area (Å²) in [5, 5.41) is 0.476. The molecule has 0 amide bonds. The van der Waals surface area contributed by atoms with Crippen LogP contribution in [-0.2, 0) is 9.59 Å². The minimum absolute atomic E-state index is 0.124. The zero-order chi connectivity index (χ0) is 14.0. The molecule has 7 heteroatoms. The summed E-state index contributed by atoms with van der Waals surface area (Å²) in [4.78, 5) is 26.3. The molecule has 1 heterocycles. The van der Waals surface area contributed by atoms with Gasteiger partial charge in [0.15, 0.2) is 17.1 Å². The normalized spacial score (nSPS) is 10.5. The summed E-state index contributed by atoms with van der Waals surface area (Å²) in [7, 11) is 0. The van der Waals surface area contributed by atoms with E-state index in [2.05, 4.69) is 4.98 Å². The molecule has 2 aromatic rings. The maximum atomic E-state index is 11.0. The third-order valence-electron chi connectivity index (χ3n) is 2.12. The number of oxazole rings is 1. The third-order valence-corrected chi connectivity index (χ3v) is 2.64. The second kappa shape index (κ2) is 5.31. The van der Waals surface area contributed by atoms with Gasteiger partial charge in [-0.1, -0.05) is 11.8 Å². The van der Waals surface area contributed by atoms with Crippen LogP contribution in [0.2, 0.25) is 0 Å². The van der Waals surface area contributed by atoms with Gasteiger partial charge in [0.05, 0.1) is 0 Å². The van der Waals surface area contributed by atoms with Gasteiger partial charge in [0.1, 0.15) is 5.52 Å². The van der Waals surface area contributed by atoms with E-state index in [1.54, 1.807) is 0 Å². The van der Waals surface area contributed by atoms with Crippen molar-refractivity contribution >= 4 is 34.8 Å². The lowest BCUT2D eigenvalue weighted by molar-refractivity contribution is -0.134. The highest BCUT2D eigenvalue weighted by atomic mass is 32.2. The van der Waals surface area contributed by atoms with Gasteiger partial charge in [0, 0.05) is 26.0 Å². The van der Waals surface area contributed by atoms with Gasteiger partial charge in [-0.2, -0.15) is 0 Å². The number of aromatic nitrogens is 1. The van der Waals surface area contributed by atoms with E-state index in [1.165, 1.54) is 37.7 Å². The number of thioether (sulfide) groups is 1. The van der Waals surface area contributed by atoms with Gasteiger partial charge in [-0.3, -0.25) is 9.59 Å². The van der Waals surface area contributed by atoms with Crippen LogP contribution in [0.5, 0.6) is 11.5 Å². The van der Waals surface area contributed by atoms with Gasteiger partial charge in [0.25, 0.3) is 5.22 Å². The molecule has 0 spiro atoms. The van der Waals surface area contributed by atoms with E-state index < -0.39 is 11.9 Å². The van der Waals surface area contributed by atoms with Crippen LogP contribution < -0.4 is 9.47 Å². The SMILES string of the molecule is CSc1nc2cc(OC(C)=O)c(OC(C)=O)cc2o1. The molecule has 0 radical (unpaired) electrons. The zero-order valence-corrected chi connectivity index (χ0v) is 11.4. The summed E-state index contributed by atoms with van der Waals surface area (Å²) in [5.74, 6) is -0.770. The highest BCUT2D eigenvalue weighted by molar-refractivity contribution is 7.98. The van der Waals surface area contributed by atoms with Gasteiger partial charge >= 0.3 is 11.9 Å². The first-order valence-corrected chi connectivity index (χ1v) is 6.57. The summed E-state index contributed by atoms with van der Waals surface area (Å²) in [5.41, 5.74) is 0.980. The van der Waals surface area contributed by atoms with E-state index in [1.807, 2.05) is 6.26 Å². The number of hydrogen-bond acceptors (Lipinski definition) is 7. The highest BCUT2D eigenvalue weighted by Gasteiger charge is 2.15. The quantitative estimate of drug-likeness (QED) is 0.485. The molecule has 0 saturated heterocycles. The third kappa shape index (κ3) is 3.05. The van der Waals surface area contributed by atoms with E-state index in [9.17, 15) is 9.59 Å². The van der Waals surface area contributed by atoms with Crippen molar-refractivity contribution in [1.29, 1.82) is 0 Å². The lowest BCUT2D eigenvalue weighted by Gasteiger charge is -2.07. The summed E-state index contributed by atoms with van der Waals surface area (Å²) in [6, 6.07) is 2.97. The molecule has 1 aromatic heterocycles. The van der Waals surface area contributed by atoms with Crippen molar-refractivity contribution in [1.82, 2.24) is 4.98 Å². The Morgan fingerprint density at radius 3 is 2.26 bits per heavy atom. The maximum absolute atomic E-state index is 11.0. The van der Waals surface area contributed by atoms with E-state index in [4.69, 9.17) is 13.9 Å². The van der Waals surface area contributed by atoms with Gasteiger partial charge in [-0.05, 0) is 6.26 Å². The summed E-state index contributed by atoms with van der Waals surface area (Å²) in [6.07, 6.45) is 1.82. The first-order chi connectivity index (χ1) is 8.99. The van der Waals surface area contributed by atoms with Crippen LogP contribution >= 0.6 is 11.8 Å². The average molecular weight is 281 g/mol. The van der Waals surface area contributed by atoms with Crippen LogP contribution in [0.15, 0.2) is 21.8 Å². The molecule has 0 saturated carbocycles.